The molecule has 2 aromatic heterocycles. The maximum absolute atomic E-state index is 13.4. The van der Waals surface area contributed by atoms with Crippen LogP contribution in [0.25, 0.3) is 22.9 Å². The van der Waals surface area contributed by atoms with Gasteiger partial charge in [-0.05, 0) is 80.4 Å². The lowest BCUT2D eigenvalue weighted by molar-refractivity contribution is -0.112. The van der Waals surface area contributed by atoms with E-state index in [4.69, 9.17) is 16.3 Å². The molecule has 2 aromatic carbocycles. The van der Waals surface area contributed by atoms with Crippen molar-refractivity contribution in [2.45, 2.75) is 20.8 Å². The van der Waals surface area contributed by atoms with E-state index in [2.05, 4.69) is 5.32 Å². The Bertz CT molecular complexity index is 1580. The standard InChI is InChI=1S/C29H23ClFN3O3S/c1-4-37-29(36)26-25(19-5-9-23(31)10-6-19)16-38-28(26)33-27(35)21(15-32)14-20-13-17(2)34(18(20)3)24-11-7-22(30)8-12-24/h5-14,16H,4H2,1-3H3,(H,33,35). The molecule has 192 valence electrons. The minimum absolute atomic E-state index is 0.132. The minimum Gasteiger partial charge on any atom is -0.462 e. The summed E-state index contributed by atoms with van der Waals surface area (Å²) in [6.07, 6.45) is 1.52. The fourth-order valence-corrected chi connectivity index (χ4v) is 5.17. The van der Waals surface area contributed by atoms with Gasteiger partial charge in [0.05, 0.1) is 6.61 Å². The highest BCUT2D eigenvalue weighted by Crippen LogP contribution is 2.36. The number of carbonyl (C=O) groups excluding carboxylic acids is 2. The van der Waals surface area contributed by atoms with E-state index >= 15 is 0 Å². The van der Waals surface area contributed by atoms with Gasteiger partial charge in [0, 0.05) is 33.0 Å². The number of halogens is 2. The Kier molecular flexibility index (Phi) is 8.10. The summed E-state index contributed by atoms with van der Waals surface area (Å²) >= 11 is 7.14. The van der Waals surface area contributed by atoms with E-state index in [-0.39, 0.29) is 22.7 Å². The number of carbonyl (C=O) groups is 2. The van der Waals surface area contributed by atoms with Crippen molar-refractivity contribution < 1.29 is 18.7 Å². The van der Waals surface area contributed by atoms with Crippen LogP contribution in [0.1, 0.15) is 34.2 Å². The third kappa shape index (κ3) is 5.54. The van der Waals surface area contributed by atoms with Crippen molar-refractivity contribution >= 4 is 45.9 Å². The van der Waals surface area contributed by atoms with Crippen LogP contribution in [-0.4, -0.2) is 23.1 Å². The number of rotatable bonds is 7. The first-order valence-electron chi connectivity index (χ1n) is 11.7. The summed E-state index contributed by atoms with van der Waals surface area (Å²) in [5.74, 6) is -1.70. The number of esters is 1. The molecule has 0 bridgehead atoms. The van der Waals surface area contributed by atoms with Gasteiger partial charge in [0.2, 0.25) is 0 Å². The highest BCUT2D eigenvalue weighted by Gasteiger charge is 2.24. The van der Waals surface area contributed by atoms with Crippen molar-refractivity contribution in [2.24, 2.45) is 0 Å². The van der Waals surface area contributed by atoms with Crippen molar-refractivity contribution in [3.63, 3.8) is 0 Å². The second kappa shape index (κ2) is 11.5. The summed E-state index contributed by atoms with van der Waals surface area (Å²) in [7, 11) is 0. The molecule has 9 heteroatoms. The molecule has 1 amide bonds. The molecule has 0 atom stereocenters. The molecular weight excluding hydrogens is 525 g/mol. The normalized spacial score (nSPS) is 11.2. The molecule has 0 spiro atoms. The number of nitrogens with zero attached hydrogens (tertiary/aromatic N) is 2. The van der Waals surface area contributed by atoms with Crippen molar-refractivity contribution in [1.29, 1.82) is 5.26 Å². The zero-order valence-electron chi connectivity index (χ0n) is 20.8. The van der Waals surface area contributed by atoms with Crippen LogP contribution < -0.4 is 5.32 Å². The van der Waals surface area contributed by atoms with Crippen molar-refractivity contribution in [3.8, 4) is 22.9 Å². The number of aryl methyl sites for hydroxylation is 1. The monoisotopic (exact) mass is 547 g/mol. The van der Waals surface area contributed by atoms with Crippen LogP contribution >= 0.6 is 22.9 Å². The third-order valence-electron chi connectivity index (χ3n) is 5.87. The highest BCUT2D eigenvalue weighted by molar-refractivity contribution is 7.15. The molecule has 0 aliphatic carbocycles. The van der Waals surface area contributed by atoms with Gasteiger partial charge in [-0.25, -0.2) is 9.18 Å². The van der Waals surface area contributed by atoms with Gasteiger partial charge in [0.25, 0.3) is 5.91 Å². The first-order valence-corrected chi connectivity index (χ1v) is 12.9. The molecule has 0 saturated heterocycles. The van der Waals surface area contributed by atoms with Gasteiger partial charge in [-0.15, -0.1) is 11.3 Å². The lowest BCUT2D eigenvalue weighted by atomic mass is 10.0. The van der Waals surface area contributed by atoms with Crippen LogP contribution in [0, 0.1) is 31.0 Å². The number of ether oxygens (including phenoxy) is 1. The molecule has 6 nitrogen and oxygen atoms in total. The summed E-state index contributed by atoms with van der Waals surface area (Å²) in [6.45, 7) is 5.64. The number of hydrogen-bond donors (Lipinski definition) is 1. The number of thiophene rings is 1. The number of anilines is 1. The molecule has 0 saturated carbocycles. The molecule has 0 aliphatic heterocycles. The Morgan fingerprint density at radius 1 is 1.16 bits per heavy atom. The van der Waals surface area contributed by atoms with Crippen molar-refractivity contribution in [1.82, 2.24) is 4.57 Å². The van der Waals surface area contributed by atoms with Crippen molar-refractivity contribution in [3.05, 3.63) is 98.9 Å². The van der Waals surface area contributed by atoms with Crippen LogP contribution in [0.3, 0.4) is 0 Å². The van der Waals surface area contributed by atoms with Gasteiger partial charge < -0.3 is 14.6 Å². The molecule has 1 N–H and O–H groups in total. The third-order valence-corrected chi connectivity index (χ3v) is 7.02. The molecule has 0 fully saturated rings. The first kappa shape index (κ1) is 26.9. The Morgan fingerprint density at radius 2 is 1.84 bits per heavy atom. The Hall–Kier alpha value is -4.19. The number of amides is 1. The van der Waals surface area contributed by atoms with Crippen LogP contribution in [0.5, 0.6) is 0 Å². The van der Waals surface area contributed by atoms with Gasteiger partial charge in [-0.3, -0.25) is 4.79 Å². The predicted molar refractivity (Wildman–Crippen MR) is 148 cm³/mol. The molecule has 38 heavy (non-hydrogen) atoms. The molecule has 0 radical (unpaired) electrons. The first-order chi connectivity index (χ1) is 18.2. The van der Waals surface area contributed by atoms with E-state index in [1.165, 1.54) is 18.2 Å². The highest BCUT2D eigenvalue weighted by atomic mass is 35.5. The zero-order chi connectivity index (χ0) is 27.4. The lowest BCUT2D eigenvalue weighted by Crippen LogP contribution is -2.16. The number of nitriles is 1. The van der Waals surface area contributed by atoms with Gasteiger partial charge in [0.15, 0.2) is 0 Å². The maximum Gasteiger partial charge on any atom is 0.341 e. The predicted octanol–water partition coefficient (Wildman–Crippen LogP) is 7.34. The molecular formula is C29H23ClFN3O3S. The van der Waals surface area contributed by atoms with Crippen molar-refractivity contribution in [2.75, 3.05) is 11.9 Å². The molecule has 0 unspecified atom stereocenters. The number of benzene rings is 2. The Balaban J connectivity index is 1.67. The lowest BCUT2D eigenvalue weighted by Gasteiger charge is -2.10. The van der Waals surface area contributed by atoms with Gasteiger partial charge in [-0.2, -0.15) is 5.26 Å². The summed E-state index contributed by atoms with van der Waals surface area (Å²) in [4.78, 5) is 26.0. The number of nitrogens with one attached hydrogen (secondary N) is 1. The van der Waals surface area contributed by atoms with Crippen LogP contribution in [0.4, 0.5) is 9.39 Å². The largest absolute Gasteiger partial charge is 0.462 e. The minimum atomic E-state index is -0.665. The van der Waals surface area contributed by atoms with Crippen LogP contribution in [0.2, 0.25) is 5.02 Å². The zero-order valence-corrected chi connectivity index (χ0v) is 22.4. The summed E-state index contributed by atoms with van der Waals surface area (Å²) in [5, 5.41) is 15.0. The second-order valence-electron chi connectivity index (χ2n) is 8.34. The molecule has 2 heterocycles. The molecule has 0 aliphatic rings. The summed E-state index contributed by atoms with van der Waals surface area (Å²) in [5.41, 5.74) is 4.47. The van der Waals surface area contributed by atoms with Gasteiger partial charge in [0.1, 0.15) is 28.0 Å². The van der Waals surface area contributed by atoms with Crippen LogP contribution in [0.15, 0.2) is 65.6 Å². The maximum atomic E-state index is 13.4. The SMILES string of the molecule is CCOC(=O)c1c(-c2ccc(F)cc2)csc1NC(=O)C(C#N)=Cc1cc(C)n(-c2ccc(Cl)cc2)c1C. The quantitative estimate of drug-likeness (QED) is 0.149. The van der Waals surface area contributed by atoms with E-state index in [0.717, 1.165) is 28.4 Å². The second-order valence-corrected chi connectivity index (χ2v) is 9.66. The number of aromatic nitrogens is 1. The number of hydrogen-bond acceptors (Lipinski definition) is 5. The van der Waals surface area contributed by atoms with E-state index in [0.29, 0.717) is 21.7 Å². The Labute approximate surface area is 228 Å². The average Bonchev–Trinajstić information content (AvgIpc) is 3.43. The molecule has 4 rings (SSSR count). The topological polar surface area (TPSA) is 84.1 Å². The van der Waals surface area contributed by atoms with E-state index < -0.39 is 17.7 Å². The van der Waals surface area contributed by atoms with Gasteiger partial charge >= 0.3 is 5.97 Å². The van der Waals surface area contributed by atoms with E-state index in [9.17, 15) is 19.2 Å². The van der Waals surface area contributed by atoms with E-state index in [1.807, 2.05) is 42.7 Å². The summed E-state index contributed by atoms with van der Waals surface area (Å²) in [6, 6.07) is 16.9. The smallest absolute Gasteiger partial charge is 0.341 e. The fourth-order valence-electron chi connectivity index (χ4n) is 4.09. The van der Waals surface area contributed by atoms with Crippen LogP contribution in [-0.2, 0) is 9.53 Å². The van der Waals surface area contributed by atoms with Gasteiger partial charge in [-0.1, -0.05) is 23.7 Å². The average molecular weight is 548 g/mol. The fraction of sp³-hybridized carbons (Fsp3) is 0.138. The summed E-state index contributed by atoms with van der Waals surface area (Å²) < 4.78 is 20.7. The molecule has 4 aromatic rings. The van der Waals surface area contributed by atoms with E-state index in [1.54, 1.807) is 36.6 Å². The Morgan fingerprint density at radius 3 is 2.47 bits per heavy atom.